The van der Waals surface area contributed by atoms with E-state index in [1.165, 1.54) is 4.90 Å². The fourth-order valence-corrected chi connectivity index (χ4v) is 4.54. The number of ether oxygens (including phenoxy) is 4. The van der Waals surface area contributed by atoms with Crippen LogP contribution in [-0.2, 0) is 35.0 Å². The number of benzene rings is 1. The fourth-order valence-electron chi connectivity index (χ4n) is 4.54. The van der Waals surface area contributed by atoms with E-state index >= 15 is 0 Å². The van der Waals surface area contributed by atoms with Crippen LogP contribution in [0.5, 0.6) is 0 Å². The third-order valence-corrected chi connectivity index (χ3v) is 6.83. The standard InChI is InChI=1S/C33H47N5O8/c1-6-24-9-8-10-25(19-24)26-20-27(36-28(39)22-37-12-16-44-17-13-37)30(35-21-26)31(41)34-11-15-43-18-14-38(23-29(40)45-7-2)32(42)46-33(3,4)5/h8-10,19-21H,6-7,11-18,22-23H2,1-5H3,(H,34,41)(H,36,39). The zero-order chi connectivity index (χ0) is 33.5. The molecule has 252 valence electrons. The van der Waals surface area contributed by atoms with Crippen LogP contribution in [0.4, 0.5) is 10.5 Å². The maximum absolute atomic E-state index is 13.2. The van der Waals surface area contributed by atoms with Crippen molar-refractivity contribution in [2.24, 2.45) is 0 Å². The predicted octanol–water partition coefficient (Wildman–Crippen LogP) is 3.13. The van der Waals surface area contributed by atoms with E-state index in [1.807, 2.05) is 23.1 Å². The number of carbonyl (C=O) groups excluding carboxylic acids is 4. The maximum atomic E-state index is 13.2. The summed E-state index contributed by atoms with van der Waals surface area (Å²) in [5.74, 6) is -1.28. The lowest BCUT2D eigenvalue weighted by Gasteiger charge is -2.26. The van der Waals surface area contributed by atoms with Crippen molar-refractivity contribution in [3.8, 4) is 11.1 Å². The van der Waals surface area contributed by atoms with Gasteiger partial charge in [-0.05, 0) is 51.3 Å². The molecule has 1 aromatic carbocycles. The Morgan fingerprint density at radius 1 is 1.04 bits per heavy atom. The monoisotopic (exact) mass is 641 g/mol. The molecule has 2 aromatic rings. The molecular formula is C33H47N5O8. The van der Waals surface area contributed by atoms with Crippen molar-refractivity contribution in [3.05, 3.63) is 47.8 Å². The van der Waals surface area contributed by atoms with Gasteiger partial charge in [-0.15, -0.1) is 0 Å². The zero-order valence-corrected chi connectivity index (χ0v) is 27.6. The van der Waals surface area contributed by atoms with Crippen LogP contribution in [0.2, 0.25) is 0 Å². The molecule has 0 aliphatic carbocycles. The van der Waals surface area contributed by atoms with Crippen molar-refractivity contribution < 1.29 is 38.1 Å². The minimum Gasteiger partial charge on any atom is -0.465 e. The van der Waals surface area contributed by atoms with Gasteiger partial charge in [0.25, 0.3) is 5.91 Å². The first-order valence-electron chi connectivity index (χ1n) is 15.7. The molecule has 1 saturated heterocycles. The van der Waals surface area contributed by atoms with Crippen LogP contribution in [0.25, 0.3) is 11.1 Å². The largest absolute Gasteiger partial charge is 0.465 e. The van der Waals surface area contributed by atoms with E-state index in [0.29, 0.717) is 32.0 Å². The van der Waals surface area contributed by atoms with E-state index in [1.54, 1.807) is 40.0 Å². The fraction of sp³-hybridized carbons (Fsp3) is 0.545. The summed E-state index contributed by atoms with van der Waals surface area (Å²) in [6.45, 7) is 12.0. The zero-order valence-electron chi connectivity index (χ0n) is 27.6. The van der Waals surface area contributed by atoms with Crippen molar-refractivity contribution in [2.75, 3.05) is 77.6 Å². The first kappa shape index (κ1) is 36.4. The van der Waals surface area contributed by atoms with Crippen LogP contribution >= 0.6 is 0 Å². The average Bonchev–Trinajstić information content (AvgIpc) is 3.01. The number of hydrogen-bond acceptors (Lipinski definition) is 10. The van der Waals surface area contributed by atoms with Crippen LogP contribution in [0, 0.1) is 0 Å². The number of morpholine rings is 1. The predicted molar refractivity (Wildman–Crippen MR) is 173 cm³/mol. The molecule has 3 rings (SSSR count). The van der Waals surface area contributed by atoms with Crippen molar-refractivity contribution in [2.45, 2.75) is 46.6 Å². The van der Waals surface area contributed by atoms with Gasteiger partial charge in [0.05, 0.1) is 45.3 Å². The molecule has 2 heterocycles. The highest BCUT2D eigenvalue weighted by molar-refractivity contribution is 6.03. The van der Waals surface area contributed by atoms with Crippen LogP contribution in [0.1, 0.15) is 50.7 Å². The highest BCUT2D eigenvalue weighted by atomic mass is 16.6. The first-order chi connectivity index (χ1) is 22.0. The molecule has 0 unspecified atom stereocenters. The highest BCUT2D eigenvalue weighted by Gasteiger charge is 2.24. The molecule has 46 heavy (non-hydrogen) atoms. The molecule has 0 saturated carbocycles. The van der Waals surface area contributed by atoms with Gasteiger partial charge in [0, 0.05) is 37.9 Å². The quantitative estimate of drug-likeness (QED) is 0.220. The van der Waals surface area contributed by atoms with Crippen LogP contribution in [0.15, 0.2) is 36.5 Å². The van der Waals surface area contributed by atoms with Gasteiger partial charge in [-0.25, -0.2) is 9.78 Å². The SMILES string of the molecule is CCOC(=O)CN(CCOCCNC(=O)c1ncc(-c2cccc(CC)c2)cc1NC(=O)CN1CCOCC1)C(=O)OC(C)(C)C. The number of carbonyl (C=O) groups is 4. The molecule has 1 aliphatic heterocycles. The van der Waals surface area contributed by atoms with Crippen LogP contribution in [0.3, 0.4) is 0 Å². The molecule has 0 radical (unpaired) electrons. The van der Waals surface area contributed by atoms with Gasteiger partial charge in [0.15, 0.2) is 5.69 Å². The Bertz CT molecular complexity index is 1320. The number of rotatable bonds is 15. The molecule has 1 fully saturated rings. The number of hydrogen-bond donors (Lipinski definition) is 2. The smallest absolute Gasteiger partial charge is 0.410 e. The van der Waals surface area contributed by atoms with Crippen molar-refractivity contribution in [1.29, 1.82) is 0 Å². The lowest BCUT2D eigenvalue weighted by atomic mass is 10.0. The molecule has 1 aliphatic rings. The van der Waals surface area contributed by atoms with E-state index in [4.69, 9.17) is 18.9 Å². The minimum absolute atomic E-state index is 0.0799. The summed E-state index contributed by atoms with van der Waals surface area (Å²) in [4.78, 5) is 58.4. The number of anilines is 1. The van der Waals surface area contributed by atoms with E-state index in [9.17, 15) is 19.2 Å². The first-order valence-corrected chi connectivity index (χ1v) is 15.7. The van der Waals surface area contributed by atoms with Crippen molar-refractivity contribution >= 4 is 29.6 Å². The van der Waals surface area contributed by atoms with Gasteiger partial charge in [0.2, 0.25) is 5.91 Å². The summed E-state index contributed by atoms with van der Waals surface area (Å²) < 4.78 is 21.4. The van der Waals surface area contributed by atoms with Gasteiger partial charge in [-0.3, -0.25) is 24.2 Å². The summed E-state index contributed by atoms with van der Waals surface area (Å²) in [7, 11) is 0. The number of esters is 1. The van der Waals surface area contributed by atoms with E-state index < -0.39 is 23.6 Å². The second kappa shape index (κ2) is 18.2. The summed E-state index contributed by atoms with van der Waals surface area (Å²) >= 11 is 0. The summed E-state index contributed by atoms with van der Waals surface area (Å²) in [5.41, 5.74) is 2.52. The van der Waals surface area contributed by atoms with E-state index in [2.05, 4.69) is 28.6 Å². The third kappa shape index (κ3) is 12.4. The van der Waals surface area contributed by atoms with Gasteiger partial charge >= 0.3 is 12.1 Å². The average molecular weight is 642 g/mol. The molecular weight excluding hydrogens is 594 g/mol. The second-order valence-electron chi connectivity index (χ2n) is 11.7. The van der Waals surface area contributed by atoms with Gasteiger partial charge in [0.1, 0.15) is 12.1 Å². The maximum Gasteiger partial charge on any atom is 0.410 e. The third-order valence-electron chi connectivity index (χ3n) is 6.83. The number of pyridine rings is 1. The minimum atomic E-state index is -0.734. The summed E-state index contributed by atoms with van der Waals surface area (Å²) in [6.07, 6.45) is 1.83. The molecule has 0 spiro atoms. The van der Waals surface area contributed by atoms with Crippen LogP contribution < -0.4 is 10.6 Å². The Kier molecular flexibility index (Phi) is 14.4. The molecule has 0 atom stereocenters. The molecule has 13 heteroatoms. The van der Waals surface area contributed by atoms with E-state index in [-0.39, 0.29) is 57.6 Å². The lowest BCUT2D eigenvalue weighted by molar-refractivity contribution is -0.144. The van der Waals surface area contributed by atoms with Gasteiger partial charge in [-0.1, -0.05) is 31.2 Å². The second-order valence-corrected chi connectivity index (χ2v) is 11.7. The Labute approximate surface area is 270 Å². The molecule has 13 nitrogen and oxygen atoms in total. The molecule has 2 N–H and O–H groups in total. The van der Waals surface area contributed by atoms with Crippen LogP contribution in [-0.4, -0.2) is 117 Å². The molecule has 1 aromatic heterocycles. The Hall–Kier alpha value is -4.07. The Morgan fingerprint density at radius 2 is 1.80 bits per heavy atom. The topological polar surface area (TPSA) is 149 Å². The van der Waals surface area contributed by atoms with Crippen molar-refractivity contribution in [1.82, 2.24) is 20.1 Å². The Balaban J connectivity index is 1.61. The molecule has 0 bridgehead atoms. The normalized spacial score (nSPS) is 13.5. The lowest BCUT2D eigenvalue weighted by Crippen LogP contribution is -2.42. The van der Waals surface area contributed by atoms with E-state index in [0.717, 1.165) is 23.1 Å². The number of aromatic nitrogens is 1. The number of amides is 3. The number of aryl methyl sites for hydroxylation is 1. The number of nitrogens with one attached hydrogen (secondary N) is 2. The Morgan fingerprint density at radius 3 is 2.50 bits per heavy atom. The number of nitrogens with zero attached hydrogens (tertiary/aromatic N) is 3. The van der Waals surface area contributed by atoms with Crippen molar-refractivity contribution in [3.63, 3.8) is 0 Å². The molecule has 3 amide bonds. The van der Waals surface area contributed by atoms with Gasteiger partial charge in [-0.2, -0.15) is 0 Å². The van der Waals surface area contributed by atoms with Gasteiger partial charge < -0.3 is 29.6 Å². The summed E-state index contributed by atoms with van der Waals surface area (Å²) in [5, 5.41) is 5.67. The highest BCUT2D eigenvalue weighted by Crippen LogP contribution is 2.25. The summed E-state index contributed by atoms with van der Waals surface area (Å²) in [6, 6.07) is 9.79.